The van der Waals surface area contributed by atoms with Crippen molar-refractivity contribution in [2.75, 3.05) is 13.7 Å². The lowest BCUT2D eigenvalue weighted by Crippen LogP contribution is -2.47. The highest BCUT2D eigenvalue weighted by atomic mass is 28.4. The molecule has 0 unspecified atom stereocenters. The first kappa shape index (κ1) is 22.2. The van der Waals surface area contributed by atoms with E-state index in [4.69, 9.17) is 13.9 Å². The minimum Gasteiger partial charge on any atom is -0.497 e. The Morgan fingerprint density at radius 1 is 1.12 bits per heavy atom. The smallest absolute Gasteiger partial charge is 0.192 e. The lowest BCUT2D eigenvalue weighted by molar-refractivity contribution is -0.0339. The topological polar surface area (TPSA) is 47.9 Å². The lowest BCUT2D eigenvalue weighted by atomic mass is 10.1. The van der Waals surface area contributed by atoms with Crippen LogP contribution in [0.1, 0.15) is 46.1 Å². The first-order chi connectivity index (χ1) is 11.6. The molecule has 0 heterocycles. The third kappa shape index (κ3) is 7.10. The number of hydrogen-bond acceptors (Lipinski definition) is 4. The molecule has 0 saturated carbocycles. The van der Waals surface area contributed by atoms with Crippen LogP contribution in [-0.2, 0) is 15.8 Å². The van der Waals surface area contributed by atoms with E-state index in [1.807, 2.05) is 24.3 Å². The summed E-state index contributed by atoms with van der Waals surface area (Å²) in [6.45, 7) is 14.0. The SMILES string of the molecule is COc1ccc(CO[C@@H](C)[C@H](CCCO)O[Si](C)(C)C(C)(C)C)cc1. The number of aliphatic hydroxyl groups is 1. The molecule has 1 N–H and O–H groups in total. The summed E-state index contributed by atoms with van der Waals surface area (Å²) in [4.78, 5) is 0. The summed E-state index contributed by atoms with van der Waals surface area (Å²) in [5.41, 5.74) is 1.11. The van der Waals surface area contributed by atoms with Crippen molar-refractivity contribution >= 4 is 8.32 Å². The summed E-state index contributed by atoms with van der Waals surface area (Å²) in [6.07, 6.45) is 1.52. The highest BCUT2D eigenvalue weighted by Gasteiger charge is 2.40. The van der Waals surface area contributed by atoms with E-state index in [0.29, 0.717) is 6.61 Å². The molecule has 0 amide bonds. The van der Waals surface area contributed by atoms with Gasteiger partial charge in [-0.15, -0.1) is 0 Å². The van der Waals surface area contributed by atoms with E-state index in [9.17, 15) is 5.11 Å². The number of hydrogen-bond donors (Lipinski definition) is 1. The van der Waals surface area contributed by atoms with Crippen molar-refractivity contribution in [1.82, 2.24) is 0 Å². The van der Waals surface area contributed by atoms with Crippen LogP contribution in [0.5, 0.6) is 5.75 Å². The largest absolute Gasteiger partial charge is 0.497 e. The number of aliphatic hydroxyl groups excluding tert-OH is 1. The van der Waals surface area contributed by atoms with Crippen LogP contribution in [0.3, 0.4) is 0 Å². The Balaban J connectivity index is 2.70. The number of benzene rings is 1. The van der Waals surface area contributed by atoms with Gasteiger partial charge in [-0.1, -0.05) is 32.9 Å². The first-order valence-electron chi connectivity index (χ1n) is 9.14. The average Bonchev–Trinajstić information content (AvgIpc) is 2.55. The Morgan fingerprint density at radius 2 is 1.72 bits per heavy atom. The number of ether oxygens (including phenoxy) is 2. The maximum absolute atomic E-state index is 9.22. The molecule has 25 heavy (non-hydrogen) atoms. The van der Waals surface area contributed by atoms with Crippen molar-refractivity contribution in [2.45, 2.75) is 77.5 Å². The van der Waals surface area contributed by atoms with Crippen molar-refractivity contribution in [3.63, 3.8) is 0 Å². The molecule has 1 aromatic carbocycles. The zero-order valence-electron chi connectivity index (χ0n) is 17.0. The van der Waals surface area contributed by atoms with Crippen LogP contribution in [0, 0.1) is 0 Å². The summed E-state index contributed by atoms with van der Waals surface area (Å²) in [6, 6.07) is 7.92. The van der Waals surface area contributed by atoms with Crippen LogP contribution in [0.15, 0.2) is 24.3 Å². The summed E-state index contributed by atoms with van der Waals surface area (Å²) in [5.74, 6) is 0.846. The fraction of sp³-hybridized carbons (Fsp3) is 0.700. The average molecular weight is 369 g/mol. The molecule has 0 spiro atoms. The monoisotopic (exact) mass is 368 g/mol. The van der Waals surface area contributed by atoms with Gasteiger partial charge in [0.1, 0.15) is 5.75 Å². The Hall–Kier alpha value is -0.883. The van der Waals surface area contributed by atoms with Gasteiger partial charge in [-0.05, 0) is 55.6 Å². The number of methoxy groups -OCH3 is 1. The van der Waals surface area contributed by atoms with E-state index in [1.54, 1.807) is 7.11 Å². The molecule has 0 fully saturated rings. The molecule has 1 aromatic rings. The predicted molar refractivity (Wildman–Crippen MR) is 106 cm³/mol. The van der Waals surface area contributed by atoms with Gasteiger partial charge < -0.3 is 19.0 Å². The van der Waals surface area contributed by atoms with Crippen LogP contribution >= 0.6 is 0 Å². The molecule has 0 aliphatic rings. The van der Waals surface area contributed by atoms with E-state index >= 15 is 0 Å². The van der Waals surface area contributed by atoms with Crippen LogP contribution in [0.4, 0.5) is 0 Å². The summed E-state index contributed by atoms with van der Waals surface area (Å²) >= 11 is 0. The van der Waals surface area contributed by atoms with Crippen LogP contribution < -0.4 is 4.74 Å². The quantitative estimate of drug-likeness (QED) is 0.605. The molecule has 0 saturated heterocycles. The molecule has 1 rings (SSSR count). The van der Waals surface area contributed by atoms with Gasteiger partial charge in [-0.25, -0.2) is 0 Å². The zero-order valence-corrected chi connectivity index (χ0v) is 18.0. The fourth-order valence-electron chi connectivity index (χ4n) is 2.29. The van der Waals surface area contributed by atoms with Crippen molar-refractivity contribution in [1.29, 1.82) is 0 Å². The minimum atomic E-state index is -1.88. The molecule has 144 valence electrons. The number of rotatable bonds is 10. The van der Waals surface area contributed by atoms with Gasteiger partial charge in [0.25, 0.3) is 0 Å². The van der Waals surface area contributed by atoms with Crippen LogP contribution in [-0.4, -0.2) is 39.3 Å². The highest BCUT2D eigenvalue weighted by Crippen LogP contribution is 2.38. The van der Waals surface area contributed by atoms with Gasteiger partial charge in [0.15, 0.2) is 8.32 Å². The molecule has 0 aliphatic heterocycles. The summed E-state index contributed by atoms with van der Waals surface area (Å²) < 4.78 is 17.9. The highest BCUT2D eigenvalue weighted by molar-refractivity contribution is 6.74. The Bertz CT molecular complexity index is 493. The van der Waals surface area contributed by atoms with Crippen molar-refractivity contribution in [3.8, 4) is 5.75 Å². The predicted octanol–water partition coefficient (Wildman–Crippen LogP) is 4.76. The molecule has 4 nitrogen and oxygen atoms in total. The summed E-state index contributed by atoms with van der Waals surface area (Å²) in [7, 11) is -0.215. The zero-order chi connectivity index (χ0) is 19.1. The van der Waals surface area contributed by atoms with Crippen molar-refractivity contribution in [2.24, 2.45) is 0 Å². The first-order valence-corrected chi connectivity index (χ1v) is 12.0. The van der Waals surface area contributed by atoms with Crippen LogP contribution in [0.2, 0.25) is 18.1 Å². The molecule has 0 aromatic heterocycles. The molecule has 0 bridgehead atoms. The van der Waals surface area contributed by atoms with Gasteiger partial charge in [0.05, 0.1) is 25.9 Å². The second kappa shape index (κ2) is 9.71. The molecule has 5 heteroatoms. The Kier molecular flexibility index (Phi) is 8.61. The maximum Gasteiger partial charge on any atom is 0.192 e. The van der Waals surface area contributed by atoms with Crippen molar-refractivity contribution in [3.05, 3.63) is 29.8 Å². The summed E-state index contributed by atoms with van der Waals surface area (Å²) in [5, 5.41) is 9.37. The van der Waals surface area contributed by atoms with Gasteiger partial charge in [-0.2, -0.15) is 0 Å². The Labute approximate surface area is 154 Å². The lowest BCUT2D eigenvalue weighted by Gasteiger charge is -2.41. The van der Waals surface area contributed by atoms with Gasteiger partial charge in [0.2, 0.25) is 0 Å². The van der Waals surface area contributed by atoms with E-state index in [-0.39, 0.29) is 23.9 Å². The second-order valence-corrected chi connectivity index (χ2v) is 12.9. The third-order valence-electron chi connectivity index (χ3n) is 5.09. The Morgan fingerprint density at radius 3 is 2.20 bits per heavy atom. The van der Waals surface area contributed by atoms with Crippen molar-refractivity contribution < 1.29 is 19.0 Å². The fourth-order valence-corrected chi connectivity index (χ4v) is 3.71. The molecule has 2 atom stereocenters. The third-order valence-corrected chi connectivity index (χ3v) is 9.60. The van der Waals surface area contributed by atoms with Crippen LogP contribution in [0.25, 0.3) is 0 Å². The maximum atomic E-state index is 9.22. The van der Waals surface area contributed by atoms with E-state index in [1.165, 1.54) is 0 Å². The van der Waals surface area contributed by atoms with Gasteiger partial charge in [-0.3, -0.25) is 0 Å². The molecule has 0 radical (unpaired) electrons. The van der Waals surface area contributed by atoms with E-state index in [2.05, 4.69) is 40.8 Å². The molecular formula is C20H36O4Si. The molecular weight excluding hydrogens is 332 g/mol. The van der Waals surface area contributed by atoms with Gasteiger partial charge >= 0.3 is 0 Å². The normalized spacial score (nSPS) is 15.0. The van der Waals surface area contributed by atoms with Gasteiger partial charge in [0, 0.05) is 6.61 Å². The standard InChI is InChI=1S/C20H36O4Si/c1-16(23-15-17-10-12-18(22-5)13-11-17)19(9-8-14-21)24-25(6,7)20(2,3)4/h10-13,16,19,21H,8-9,14-15H2,1-7H3/t16-,19-/m0/s1. The van der Waals surface area contributed by atoms with E-state index < -0.39 is 8.32 Å². The van der Waals surface area contributed by atoms with E-state index in [0.717, 1.165) is 24.2 Å². The second-order valence-electron chi connectivity index (χ2n) is 8.15. The minimum absolute atomic E-state index is 0.00582. The molecule has 0 aliphatic carbocycles.